The number of sulfonamides is 1. The van der Waals surface area contributed by atoms with E-state index in [1.54, 1.807) is 6.92 Å². The number of nitrogens with two attached hydrogens (primary N) is 1. The number of nitrogens with one attached hydrogen (secondary N) is 1. The molecule has 0 spiro atoms. The highest BCUT2D eigenvalue weighted by molar-refractivity contribution is 7.89. The number of benzene rings is 1. The van der Waals surface area contributed by atoms with Crippen molar-refractivity contribution in [2.45, 2.75) is 37.6 Å². The van der Waals surface area contributed by atoms with Crippen molar-refractivity contribution < 1.29 is 17.9 Å². The molecule has 0 saturated carbocycles. The summed E-state index contributed by atoms with van der Waals surface area (Å²) in [6, 6.07) is 3.86. The predicted molar refractivity (Wildman–Crippen MR) is 90.0 cm³/mol. The molecule has 1 atom stereocenters. The van der Waals surface area contributed by atoms with Crippen LogP contribution in [0.15, 0.2) is 23.1 Å². The molecule has 0 aliphatic heterocycles. The average Bonchev–Trinajstić information content (AvgIpc) is 2.44. The van der Waals surface area contributed by atoms with Crippen molar-refractivity contribution in [3.63, 3.8) is 0 Å². The normalized spacial score (nSPS) is 14.6. The van der Waals surface area contributed by atoms with E-state index in [0.29, 0.717) is 6.42 Å². The Labute approximate surface area is 142 Å². The summed E-state index contributed by atoms with van der Waals surface area (Å²) in [6.07, 6.45) is 0.594. The highest BCUT2D eigenvalue weighted by Crippen LogP contribution is 2.24. The Hall–Kier alpha value is -1.15. The number of hydrogen-bond donors (Lipinski definition) is 2. The van der Waals surface area contributed by atoms with Crippen molar-refractivity contribution in [2.24, 2.45) is 11.7 Å². The molecule has 1 rings (SSSR count). The number of rotatable bonds is 7. The Bertz CT molecular complexity index is 676. The van der Waals surface area contributed by atoms with Crippen LogP contribution in [0, 0.1) is 5.92 Å². The highest BCUT2D eigenvalue weighted by atomic mass is 35.5. The van der Waals surface area contributed by atoms with E-state index in [4.69, 9.17) is 17.3 Å². The van der Waals surface area contributed by atoms with Crippen molar-refractivity contribution in [3.05, 3.63) is 28.8 Å². The Morgan fingerprint density at radius 2 is 2.04 bits per heavy atom. The van der Waals surface area contributed by atoms with Gasteiger partial charge in [0.1, 0.15) is 0 Å². The lowest BCUT2D eigenvalue weighted by Gasteiger charge is -2.30. The number of methoxy groups -OCH3 is 1. The van der Waals surface area contributed by atoms with E-state index in [1.165, 1.54) is 25.3 Å². The SMILES string of the molecule is COC(=O)c1ccc(S(=O)(=O)NC(C)(CN)CC(C)C)cc1Cl. The first kappa shape index (κ1) is 19.9. The van der Waals surface area contributed by atoms with Crippen LogP contribution in [0.5, 0.6) is 0 Å². The first-order valence-corrected chi connectivity index (χ1v) is 9.02. The van der Waals surface area contributed by atoms with E-state index in [1.807, 2.05) is 13.8 Å². The third-order valence-corrected chi connectivity index (χ3v) is 5.29. The van der Waals surface area contributed by atoms with Crippen molar-refractivity contribution in [3.8, 4) is 0 Å². The molecule has 1 unspecified atom stereocenters. The van der Waals surface area contributed by atoms with Crippen molar-refractivity contribution >= 4 is 27.6 Å². The molecule has 0 heterocycles. The van der Waals surface area contributed by atoms with Gasteiger partial charge >= 0.3 is 5.97 Å². The summed E-state index contributed by atoms with van der Waals surface area (Å²) in [5.74, 6) is -0.352. The van der Waals surface area contributed by atoms with Crippen molar-refractivity contribution in [1.82, 2.24) is 4.72 Å². The van der Waals surface area contributed by atoms with Crippen LogP contribution in [0.3, 0.4) is 0 Å². The fraction of sp³-hybridized carbons (Fsp3) is 0.533. The summed E-state index contributed by atoms with van der Waals surface area (Å²) >= 11 is 5.98. The molecule has 6 nitrogen and oxygen atoms in total. The van der Waals surface area contributed by atoms with Crippen LogP contribution in [0.25, 0.3) is 0 Å². The number of carbonyl (C=O) groups is 1. The first-order chi connectivity index (χ1) is 10.5. The number of halogens is 1. The van der Waals surface area contributed by atoms with Gasteiger partial charge in [-0.1, -0.05) is 25.4 Å². The van der Waals surface area contributed by atoms with E-state index in [9.17, 15) is 13.2 Å². The number of esters is 1. The molecule has 3 N–H and O–H groups in total. The molecule has 0 aromatic heterocycles. The fourth-order valence-corrected chi connectivity index (χ4v) is 4.17. The van der Waals surface area contributed by atoms with Crippen molar-refractivity contribution in [2.75, 3.05) is 13.7 Å². The molecule has 0 fully saturated rings. The highest BCUT2D eigenvalue weighted by Gasteiger charge is 2.30. The van der Waals surface area contributed by atoms with Gasteiger partial charge in [-0.05, 0) is 37.5 Å². The Kier molecular flexibility index (Phi) is 6.59. The third-order valence-electron chi connectivity index (χ3n) is 3.35. The second-order valence-corrected chi connectivity index (χ2v) is 8.19. The lowest BCUT2D eigenvalue weighted by atomic mass is 9.92. The summed E-state index contributed by atoms with van der Waals surface area (Å²) in [5, 5.41) is 0.0121. The van der Waals surface area contributed by atoms with Gasteiger partial charge in [0.2, 0.25) is 10.0 Å². The molecule has 0 amide bonds. The standard InChI is InChI=1S/C15H23ClN2O4S/c1-10(2)8-15(3,9-17)18-23(20,21)11-5-6-12(13(16)7-11)14(19)22-4/h5-7,10,18H,8-9,17H2,1-4H3. The maximum Gasteiger partial charge on any atom is 0.339 e. The van der Waals surface area contributed by atoms with Crippen molar-refractivity contribution in [1.29, 1.82) is 0 Å². The molecular formula is C15H23ClN2O4S. The molecule has 0 bridgehead atoms. The van der Waals surface area contributed by atoms with E-state index in [0.717, 1.165) is 0 Å². The van der Waals surface area contributed by atoms with Gasteiger partial charge < -0.3 is 10.5 Å². The lowest BCUT2D eigenvalue weighted by molar-refractivity contribution is 0.0601. The number of ether oxygens (including phenoxy) is 1. The second kappa shape index (κ2) is 7.61. The smallest absolute Gasteiger partial charge is 0.339 e. The molecule has 23 heavy (non-hydrogen) atoms. The quantitative estimate of drug-likeness (QED) is 0.724. The molecule has 0 radical (unpaired) electrons. The molecular weight excluding hydrogens is 340 g/mol. The molecule has 0 aliphatic rings. The Morgan fingerprint density at radius 3 is 2.48 bits per heavy atom. The largest absolute Gasteiger partial charge is 0.465 e. The van der Waals surface area contributed by atoms with E-state index in [2.05, 4.69) is 9.46 Å². The topological polar surface area (TPSA) is 98.5 Å². The monoisotopic (exact) mass is 362 g/mol. The van der Waals surface area contributed by atoms with Crippen LogP contribution >= 0.6 is 11.6 Å². The molecule has 130 valence electrons. The van der Waals surface area contributed by atoms with Gasteiger partial charge in [0.05, 0.1) is 22.6 Å². The molecule has 0 aliphatic carbocycles. The van der Waals surface area contributed by atoms with Crippen LogP contribution in [0.1, 0.15) is 37.6 Å². The van der Waals surface area contributed by atoms with Gasteiger partial charge in [-0.25, -0.2) is 17.9 Å². The molecule has 1 aromatic carbocycles. The zero-order chi connectivity index (χ0) is 17.8. The van der Waals surface area contributed by atoms with Gasteiger partial charge in [0.15, 0.2) is 0 Å². The number of carbonyl (C=O) groups excluding carboxylic acids is 1. The molecule has 0 saturated heterocycles. The zero-order valence-corrected chi connectivity index (χ0v) is 15.3. The summed E-state index contributed by atoms with van der Waals surface area (Å²) in [7, 11) is -2.59. The van der Waals surface area contributed by atoms with Gasteiger partial charge in [-0.2, -0.15) is 0 Å². The molecule has 1 aromatic rings. The van der Waals surface area contributed by atoms with Gasteiger partial charge in [-0.15, -0.1) is 0 Å². The van der Waals surface area contributed by atoms with E-state index in [-0.39, 0.29) is 27.9 Å². The third kappa shape index (κ3) is 5.17. The minimum absolute atomic E-state index is 0.0121. The Morgan fingerprint density at radius 1 is 1.43 bits per heavy atom. The van der Waals surface area contributed by atoms with Crippen LogP contribution in [-0.4, -0.2) is 33.6 Å². The Balaban J connectivity index is 3.14. The lowest BCUT2D eigenvalue weighted by Crippen LogP contribution is -2.51. The minimum atomic E-state index is -3.81. The summed E-state index contributed by atoms with van der Waals surface area (Å²) < 4.78 is 32.3. The molecule has 8 heteroatoms. The van der Waals surface area contributed by atoms with Gasteiger partial charge in [-0.3, -0.25) is 0 Å². The van der Waals surface area contributed by atoms with Crippen LogP contribution in [-0.2, 0) is 14.8 Å². The minimum Gasteiger partial charge on any atom is -0.465 e. The maximum absolute atomic E-state index is 12.5. The first-order valence-electron chi connectivity index (χ1n) is 7.16. The van der Waals surface area contributed by atoms with E-state index < -0.39 is 21.5 Å². The predicted octanol–water partition coefficient (Wildman–Crippen LogP) is 2.17. The zero-order valence-electron chi connectivity index (χ0n) is 13.7. The average molecular weight is 363 g/mol. The second-order valence-electron chi connectivity index (χ2n) is 6.10. The summed E-state index contributed by atoms with van der Waals surface area (Å²) in [4.78, 5) is 11.5. The van der Waals surface area contributed by atoms with Gasteiger partial charge in [0.25, 0.3) is 0 Å². The van der Waals surface area contributed by atoms with E-state index >= 15 is 0 Å². The van der Waals surface area contributed by atoms with Crippen LogP contribution in [0.2, 0.25) is 5.02 Å². The van der Waals surface area contributed by atoms with Gasteiger partial charge in [0, 0.05) is 12.1 Å². The summed E-state index contributed by atoms with van der Waals surface area (Å²) in [5.41, 5.74) is 5.08. The fourth-order valence-electron chi connectivity index (χ4n) is 2.39. The maximum atomic E-state index is 12.5. The van der Waals surface area contributed by atoms with Crippen LogP contribution in [0.4, 0.5) is 0 Å². The van der Waals surface area contributed by atoms with Crippen LogP contribution < -0.4 is 10.5 Å². The summed E-state index contributed by atoms with van der Waals surface area (Å²) in [6.45, 7) is 5.90. The number of hydrogen-bond acceptors (Lipinski definition) is 5.